The van der Waals surface area contributed by atoms with E-state index in [-0.39, 0.29) is 29.1 Å². The molecule has 1 fully saturated rings. The van der Waals surface area contributed by atoms with E-state index in [1.807, 2.05) is 43.3 Å². The molecule has 0 heterocycles. The lowest BCUT2D eigenvalue weighted by molar-refractivity contribution is -0.139. The van der Waals surface area contributed by atoms with Gasteiger partial charge in [-0.3, -0.25) is 13.9 Å². The molecule has 0 unspecified atom stereocenters. The van der Waals surface area contributed by atoms with Crippen LogP contribution in [0.25, 0.3) is 0 Å². The van der Waals surface area contributed by atoms with Gasteiger partial charge in [0.15, 0.2) is 0 Å². The van der Waals surface area contributed by atoms with Crippen molar-refractivity contribution in [1.29, 1.82) is 0 Å². The van der Waals surface area contributed by atoms with Gasteiger partial charge in [0.25, 0.3) is 10.0 Å². The molecule has 1 aliphatic rings. The maximum Gasteiger partial charge on any atom is 0.264 e. The second-order valence-electron chi connectivity index (χ2n) is 11.9. The third-order valence-electron chi connectivity index (χ3n) is 8.41. The summed E-state index contributed by atoms with van der Waals surface area (Å²) in [5.74, 6) is 0.312. The van der Waals surface area contributed by atoms with Crippen molar-refractivity contribution in [3.8, 4) is 11.5 Å². The molecule has 5 rings (SSSR count). The van der Waals surface area contributed by atoms with Crippen molar-refractivity contribution >= 4 is 39.1 Å². The van der Waals surface area contributed by atoms with Crippen molar-refractivity contribution in [2.24, 2.45) is 0 Å². The van der Waals surface area contributed by atoms with Crippen LogP contribution in [0.5, 0.6) is 11.5 Å². The van der Waals surface area contributed by atoms with Crippen LogP contribution in [-0.4, -0.2) is 43.8 Å². The number of hydrogen-bond donors (Lipinski definition) is 1. The van der Waals surface area contributed by atoms with Crippen LogP contribution in [0.1, 0.15) is 50.2 Å². The van der Waals surface area contributed by atoms with Crippen LogP contribution in [0.15, 0.2) is 108 Å². The summed E-state index contributed by atoms with van der Waals surface area (Å²) in [5, 5.41) is 3.56. The molecule has 10 heteroatoms. The van der Waals surface area contributed by atoms with E-state index in [9.17, 15) is 18.0 Å². The molecule has 1 saturated carbocycles. The third-order valence-corrected chi connectivity index (χ3v) is 10.6. The number of sulfonamides is 1. The quantitative estimate of drug-likeness (QED) is 0.168. The lowest BCUT2D eigenvalue weighted by Gasteiger charge is -2.33. The van der Waals surface area contributed by atoms with Crippen molar-refractivity contribution in [3.05, 3.63) is 119 Å². The molecular formula is C37H40ClN3O5S. The highest BCUT2D eigenvalue weighted by molar-refractivity contribution is 7.92. The summed E-state index contributed by atoms with van der Waals surface area (Å²) in [4.78, 5) is 29.3. The van der Waals surface area contributed by atoms with Crippen molar-refractivity contribution < 1.29 is 22.7 Å². The maximum atomic E-state index is 14.3. The Morgan fingerprint density at radius 3 is 2.13 bits per heavy atom. The molecule has 47 heavy (non-hydrogen) atoms. The average molecular weight is 674 g/mol. The molecule has 2 amide bonds. The van der Waals surface area contributed by atoms with Gasteiger partial charge in [0.1, 0.15) is 24.1 Å². The smallest absolute Gasteiger partial charge is 0.264 e. The Morgan fingerprint density at radius 2 is 1.47 bits per heavy atom. The van der Waals surface area contributed by atoms with E-state index in [0.29, 0.717) is 22.1 Å². The molecule has 1 N–H and O–H groups in total. The normalized spacial score (nSPS) is 14.2. The molecule has 8 nitrogen and oxygen atoms in total. The highest BCUT2D eigenvalue weighted by atomic mass is 35.5. The molecule has 1 aliphatic carbocycles. The number of nitrogens with one attached hydrogen (secondary N) is 1. The van der Waals surface area contributed by atoms with Gasteiger partial charge in [-0.25, -0.2) is 8.42 Å². The lowest BCUT2D eigenvalue weighted by Crippen LogP contribution is -2.53. The largest absolute Gasteiger partial charge is 0.457 e. The zero-order valence-corrected chi connectivity index (χ0v) is 28.2. The predicted molar refractivity (Wildman–Crippen MR) is 185 cm³/mol. The Labute approximate surface area is 282 Å². The van der Waals surface area contributed by atoms with Crippen LogP contribution in [0.4, 0.5) is 5.69 Å². The second kappa shape index (κ2) is 15.5. The van der Waals surface area contributed by atoms with E-state index < -0.39 is 28.5 Å². The van der Waals surface area contributed by atoms with Gasteiger partial charge in [-0.1, -0.05) is 85.0 Å². The van der Waals surface area contributed by atoms with Crippen LogP contribution in [0.2, 0.25) is 5.02 Å². The van der Waals surface area contributed by atoms with Gasteiger partial charge in [0, 0.05) is 17.6 Å². The number of para-hydroxylation sites is 1. The number of benzene rings is 4. The fourth-order valence-electron chi connectivity index (χ4n) is 5.63. The van der Waals surface area contributed by atoms with Crippen LogP contribution in [-0.2, 0) is 26.2 Å². The molecule has 0 aromatic heterocycles. The van der Waals surface area contributed by atoms with E-state index in [1.165, 1.54) is 17.0 Å². The summed E-state index contributed by atoms with van der Waals surface area (Å²) in [7, 11) is -4.20. The summed E-state index contributed by atoms with van der Waals surface area (Å²) >= 11 is 6.50. The zero-order valence-electron chi connectivity index (χ0n) is 26.6. The predicted octanol–water partition coefficient (Wildman–Crippen LogP) is 7.50. The van der Waals surface area contributed by atoms with Crippen molar-refractivity contribution in [1.82, 2.24) is 10.2 Å². The first kappa shape index (κ1) is 34.0. The summed E-state index contributed by atoms with van der Waals surface area (Å²) in [6, 6.07) is 28.5. The average Bonchev–Trinajstić information content (AvgIpc) is 3.08. The molecule has 0 aliphatic heterocycles. The van der Waals surface area contributed by atoms with Gasteiger partial charge < -0.3 is 15.0 Å². The minimum atomic E-state index is -4.20. The summed E-state index contributed by atoms with van der Waals surface area (Å²) < 4.78 is 35.4. The lowest BCUT2D eigenvalue weighted by atomic mass is 9.95. The number of nitrogens with zero attached hydrogens (tertiary/aromatic N) is 2. The molecule has 0 bridgehead atoms. The van der Waals surface area contributed by atoms with E-state index in [4.69, 9.17) is 16.3 Å². The maximum absolute atomic E-state index is 14.3. The first-order chi connectivity index (χ1) is 22.6. The third kappa shape index (κ3) is 8.73. The number of hydrogen-bond acceptors (Lipinski definition) is 5. The summed E-state index contributed by atoms with van der Waals surface area (Å²) in [6.45, 7) is 3.03. The number of rotatable bonds is 12. The van der Waals surface area contributed by atoms with E-state index >= 15 is 0 Å². The van der Waals surface area contributed by atoms with Gasteiger partial charge in [-0.05, 0) is 86.8 Å². The van der Waals surface area contributed by atoms with Gasteiger partial charge in [0.05, 0.1) is 10.6 Å². The van der Waals surface area contributed by atoms with Crippen molar-refractivity contribution in [2.75, 3.05) is 10.8 Å². The highest BCUT2D eigenvalue weighted by Crippen LogP contribution is 2.29. The highest BCUT2D eigenvalue weighted by Gasteiger charge is 2.33. The number of ether oxygens (including phenoxy) is 1. The van der Waals surface area contributed by atoms with Crippen LogP contribution in [0, 0.1) is 6.92 Å². The molecule has 246 valence electrons. The van der Waals surface area contributed by atoms with Gasteiger partial charge in [0.2, 0.25) is 11.8 Å². The first-order valence-corrected chi connectivity index (χ1v) is 17.7. The monoisotopic (exact) mass is 673 g/mol. The number of carbonyl (C=O) groups is 2. The molecule has 4 aromatic carbocycles. The molecule has 0 spiro atoms. The molecule has 0 saturated heterocycles. The standard InChI is InChI=1S/C37H40ClN3O5S/c1-27-17-23-34(24-18-27)47(44,45)41(31-19-21-33(22-20-31)46-32-14-7-4-8-15-32)26-36(42)40(25-29-11-9-10-16-35(29)38)28(2)37(43)39-30-12-5-3-6-13-30/h4,7-11,14-24,28,30H,3,5-6,12-13,25-26H2,1-2H3,(H,39,43)/t28-/m0/s1. The van der Waals surface area contributed by atoms with E-state index in [1.54, 1.807) is 61.5 Å². The Balaban J connectivity index is 1.47. The topological polar surface area (TPSA) is 96.0 Å². The zero-order chi connectivity index (χ0) is 33.4. The Bertz CT molecular complexity index is 1760. The van der Waals surface area contributed by atoms with Crippen LogP contribution < -0.4 is 14.4 Å². The van der Waals surface area contributed by atoms with Gasteiger partial charge in [-0.2, -0.15) is 0 Å². The van der Waals surface area contributed by atoms with Crippen molar-refractivity contribution in [3.63, 3.8) is 0 Å². The molecule has 4 aromatic rings. The summed E-state index contributed by atoms with van der Waals surface area (Å²) in [6.07, 6.45) is 5.02. The van der Waals surface area contributed by atoms with Crippen molar-refractivity contribution in [2.45, 2.75) is 69.5 Å². The minimum Gasteiger partial charge on any atom is -0.457 e. The SMILES string of the molecule is Cc1ccc(S(=O)(=O)N(CC(=O)N(Cc2ccccc2Cl)[C@@H](C)C(=O)NC2CCCCC2)c2ccc(Oc3ccccc3)cc2)cc1. The minimum absolute atomic E-state index is 0.0278. The van der Waals surface area contributed by atoms with E-state index in [2.05, 4.69) is 5.32 Å². The van der Waals surface area contributed by atoms with E-state index in [0.717, 1.165) is 42.0 Å². The fourth-order valence-corrected chi connectivity index (χ4v) is 7.24. The fraction of sp³-hybridized carbons (Fsp3) is 0.297. The van der Waals surface area contributed by atoms with Gasteiger partial charge in [-0.15, -0.1) is 0 Å². The Morgan fingerprint density at radius 1 is 0.851 bits per heavy atom. The Hall–Kier alpha value is -4.34. The second-order valence-corrected chi connectivity index (χ2v) is 14.1. The van der Waals surface area contributed by atoms with Gasteiger partial charge >= 0.3 is 0 Å². The number of aryl methyl sites for hydroxylation is 1. The summed E-state index contributed by atoms with van der Waals surface area (Å²) in [5.41, 5.74) is 1.82. The van der Waals surface area contributed by atoms with Crippen LogP contribution in [0.3, 0.4) is 0 Å². The molecule has 0 radical (unpaired) electrons. The number of halogens is 1. The number of amides is 2. The Kier molecular flexibility index (Phi) is 11.2. The number of anilines is 1. The van der Waals surface area contributed by atoms with Crippen LogP contribution >= 0.6 is 11.6 Å². The first-order valence-electron chi connectivity index (χ1n) is 15.9. The number of carbonyl (C=O) groups excluding carboxylic acids is 2. The molecular weight excluding hydrogens is 634 g/mol. The molecule has 1 atom stereocenters.